The maximum absolute atomic E-state index is 13.2. The minimum atomic E-state index is -0.275. The molecule has 1 amide bonds. The maximum Gasteiger partial charge on any atom is 0.226 e. The number of H-pyrrole nitrogens is 1. The van der Waals surface area contributed by atoms with Gasteiger partial charge in [-0.25, -0.2) is 4.39 Å². The van der Waals surface area contributed by atoms with Crippen molar-refractivity contribution in [2.24, 2.45) is 0 Å². The standard InChI is InChI=1S/C20H18FN3O2/c1-12-19-17(10-18(25)22-20(19)24-23-12)14-5-7-16(8-6-14)26-11-13-3-2-4-15(21)9-13/h2-9,17H,10-11H2,1H3,(H2,22,23,24,25)/t17-/m0/s1. The number of ether oxygens (including phenoxy) is 1. The van der Waals surface area contributed by atoms with Gasteiger partial charge < -0.3 is 10.1 Å². The first-order valence-corrected chi connectivity index (χ1v) is 8.42. The molecular formula is C20H18FN3O2. The van der Waals surface area contributed by atoms with Crippen molar-refractivity contribution in [3.63, 3.8) is 0 Å². The van der Waals surface area contributed by atoms with Crippen molar-refractivity contribution in [2.45, 2.75) is 25.9 Å². The van der Waals surface area contributed by atoms with Crippen LogP contribution in [0.4, 0.5) is 10.2 Å². The fourth-order valence-electron chi connectivity index (χ4n) is 3.30. The topological polar surface area (TPSA) is 67.0 Å². The monoisotopic (exact) mass is 351 g/mol. The van der Waals surface area contributed by atoms with E-state index in [1.807, 2.05) is 37.3 Å². The average Bonchev–Trinajstić information content (AvgIpc) is 3.00. The molecule has 1 aliphatic heterocycles. The summed E-state index contributed by atoms with van der Waals surface area (Å²) < 4.78 is 18.9. The number of anilines is 1. The third-order valence-corrected chi connectivity index (χ3v) is 4.57. The second kappa shape index (κ2) is 6.63. The van der Waals surface area contributed by atoms with Gasteiger partial charge in [0.05, 0.1) is 0 Å². The second-order valence-corrected chi connectivity index (χ2v) is 6.40. The van der Waals surface area contributed by atoms with E-state index in [0.717, 1.165) is 22.4 Å². The van der Waals surface area contributed by atoms with Crippen LogP contribution in [0.5, 0.6) is 5.75 Å². The predicted octanol–water partition coefficient (Wildman–Crippen LogP) is 3.91. The van der Waals surface area contributed by atoms with Crippen LogP contribution < -0.4 is 10.1 Å². The number of carbonyl (C=O) groups excluding carboxylic acids is 1. The maximum atomic E-state index is 13.2. The molecule has 1 aromatic heterocycles. The van der Waals surface area contributed by atoms with Crippen molar-refractivity contribution in [3.8, 4) is 5.75 Å². The second-order valence-electron chi connectivity index (χ2n) is 6.40. The van der Waals surface area contributed by atoms with Crippen molar-refractivity contribution in [1.82, 2.24) is 10.2 Å². The van der Waals surface area contributed by atoms with E-state index in [9.17, 15) is 9.18 Å². The van der Waals surface area contributed by atoms with Gasteiger partial charge in [0, 0.05) is 23.6 Å². The van der Waals surface area contributed by atoms with Gasteiger partial charge in [0.15, 0.2) is 5.82 Å². The molecule has 0 spiro atoms. The number of aryl methyl sites for hydroxylation is 1. The molecule has 1 atom stereocenters. The molecule has 2 N–H and O–H groups in total. The fraction of sp³-hybridized carbons (Fsp3) is 0.200. The summed E-state index contributed by atoms with van der Waals surface area (Å²) in [5.41, 5.74) is 3.79. The number of aromatic amines is 1. The number of halogens is 1. The lowest BCUT2D eigenvalue weighted by Crippen LogP contribution is -2.23. The lowest BCUT2D eigenvalue weighted by Gasteiger charge is -2.23. The molecule has 2 heterocycles. The smallest absolute Gasteiger partial charge is 0.226 e. The third-order valence-electron chi connectivity index (χ3n) is 4.57. The zero-order valence-corrected chi connectivity index (χ0v) is 14.3. The quantitative estimate of drug-likeness (QED) is 0.749. The van der Waals surface area contributed by atoms with Gasteiger partial charge in [0.2, 0.25) is 5.91 Å². The van der Waals surface area contributed by atoms with Crippen molar-refractivity contribution >= 4 is 11.7 Å². The van der Waals surface area contributed by atoms with E-state index in [2.05, 4.69) is 15.5 Å². The predicted molar refractivity (Wildman–Crippen MR) is 95.6 cm³/mol. The van der Waals surface area contributed by atoms with Crippen LogP contribution in [0, 0.1) is 12.7 Å². The normalized spacial score (nSPS) is 16.1. The van der Waals surface area contributed by atoms with E-state index in [0.29, 0.717) is 24.6 Å². The van der Waals surface area contributed by atoms with Gasteiger partial charge in [-0.2, -0.15) is 5.10 Å². The Morgan fingerprint density at radius 3 is 2.81 bits per heavy atom. The van der Waals surface area contributed by atoms with Crippen molar-refractivity contribution < 1.29 is 13.9 Å². The molecule has 0 fully saturated rings. The Kier molecular flexibility index (Phi) is 4.16. The number of nitrogens with zero attached hydrogens (tertiary/aromatic N) is 1. The minimum Gasteiger partial charge on any atom is -0.489 e. The van der Waals surface area contributed by atoms with Gasteiger partial charge >= 0.3 is 0 Å². The number of hydrogen-bond donors (Lipinski definition) is 2. The number of benzene rings is 2. The Balaban J connectivity index is 1.51. The number of nitrogens with one attached hydrogen (secondary N) is 2. The molecule has 5 nitrogen and oxygen atoms in total. The molecule has 6 heteroatoms. The van der Waals surface area contributed by atoms with Crippen LogP contribution in [0.15, 0.2) is 48.5 Å². The van der Waals surface area contributed by atoms with Crippen molar-refractivity contribution in [2.75, 3.05) is 5.32 Å². The van der Waals surface area contributed by atoms with Crippen LogP contribution in [-0.2, 0) is 11.4 Å². The van der Waals surface area contributed by atoms with Gasteiger partial charge in [-0.3, -0.25) is 9.89 Å². The first kappa shape index (κ1) is 16.3. The van der Waals surface area contributed by atoms with Gasteiger partial charge in [-0.15, -0.1) is 0 Å². The molecule has 2 aromatic carbocycles. The summed E-state index contributed by atoms with van der Waals surface area (Å²) >= 11 is 0. The van der Waals surface area contributed by atoms with E-state index in [1.165, 1.54) is 12.1 Å². The molecule has 0 unspecified atom stereocenters. The first-order chi connectivity index (χ1) is 12.6. The highest BCUT2D eigenvalue weighted by atomic mass is 19.1. The molecule has 0 saturated carbocycles. The third kappa shape index (κ3) is 3.18. The number of aromatic nitrogens is 2. The minimum absolute atomic E-state index is 0.0326. The molecule has 132 valence electrons. The van der Waals surface area contributed by atoms with Gasteiger partial charge in [-0.05, 0) is 42.3 Å². The largest absolute Gasteiger partial charge is 0.489 e. The van der Waals surface area contributed by atoms with Crippen LogP contribution in [0.25, 0.3) is 0 Å². The van der Waals surface area contributed by atoms with Crippen LogP contribution in [0.2, 0.25) is 0 Å². The zero-order chi connectivity index (χ0) is 18.1. The highest BCUT2D eigenvalue weighted by Crippen LogP contribution is 2.38. The summed E-state index contributed by atoms with van der Waals surface area (Å²) in [4.78, 5) is 12.0. The Hall–Kier alpha value is -3.15. The van der Waals surface area contributed by atoms with E-state index in [1.54, 1.807) is 6.07 Å². The number of amides is 1. The lowest BCUT2D eigenvalue weighted by atomic mass is 9.86. The highest BCUT2D eigenvalue weighted by molar-refractivity contribution is 5.94. The molecule has 0 bridgehead atoms. The first-order valence-electron chi connectivity index (χ1n) is 8.42. The van der Waals surface area contributed by atoms with Crippen LogP contribution >= 0.6 is 0 Å². The zero-order valence-electron chi connectivity index (χ0n) is 14.3. The molecule has 1 aliphatic rings. The van der Waals surface area contributed by atoms with Gasteiger partial charge in [0.25, 0.3) is 0 Å². The Morgan fingerprint density at radius 2 is 2.04 bits per heavy atom. The van der Waals surface area contributed by atoms with Crippen LogP contribution in [-0.4, -0.2) is 16.1 Å². The number of hydrogen-bond acceptors (Lipinski definition) is 3. The molecule has 26 heavy (non-hydrogen) atoms. The van der Waals surface area contributed by atoms with E-state index < -0.39 is 0 Å². The highest BCUT2D eigenvalue weighted by Gasteiger charge is 2.30. The molecule has 0 saturated heterocycles. The Bertz CT molecular complexity index is 950. The summed E-state index contributed by atoms with van der Waals surface area (Å²) in [5.74, 6) is 0.955. The molecular weight excluding hydrogens is 333 g/mol. The number of fused-ring (bicyclic) bond motifs is 1. The summed E-state index contributed by atoms with van der Waals surface area (Å²) in [6, 6.07) is 14.0. The Labute approximate surface area is 150 Å². The van der Waals surface area contributed by atoms with Crippen molar-refractivity contribution in [3.05, 3.63) is 76.7 Å². The molecule has 3 aromatic rings. The summed E-state index contributed by atoms with van der Waals surface area (Å²) in [7, 11) is 0. The SMILES string of the molecule is Cc1[nH]nc2c1[C@H](c1ccc(OCc3cccc(F)c3)cc1)CC(=O)N2. The van der Waals surface area contributed by atoms with Gasteiger partial charge in [0.1, 0.15) is 18.2 Å². The van der Waals surface area contributed by atoms with Crippen LogP contribution in [0.1, 0.15) is 34.7 Å². The Morgan fingerprint density at radius 1 is 1.23 bits per heavy atom. The van der Waals surface area contributed by atoms with E-state index >= 15 is 0 Å². The fourth-order valence-corrected chi connectivity index (χ4v) is 3.30. The van der Waals surface area contributed by atoms with Crippen molar-refractivity contribution in [1.29, 1.82) is 0 Å². The summed E-state index contributed by atoms with van der Waals surface area (Å²) in [6.45, 7) is 2.25. The van der Waals surface area contributed by atoms with Gasteiger partial charge in [-0.1, -0.05) is 24.3 Å². The average molecular weight is 351 g/mol. The molecule has 0 radical (unpaired) electrons. The molecule has 4 rings (SSSR count). The van der Waals surface area contributed by atoms with Crippen LogP contribution in [0.3, 0.4) is 0 Å². The lowest BCUT2D eigenvalue weighted by molar-refractivity contribution is -0.116. The number of carbonyl (C=O) groups is 1. The summed E-state index contributed by atoms with van der Waals surface area (Å²) in [6.07, 6.45) is 0.386. The number of rotatable bonds is 4. The summed E-state index contributed by atoms with van der Waals surface area (Å²) in [5, 5.41) is 9.89. The molecule has 0 aliphatic carbocycles. The van der Waals surface area contributed by atoms with E-state index in [-0.39, 0.29) is 17.6 Å². The van der Waals surface area contributed by atoms with E-state index in [4.69, 9.17) is 4.74 Å².